The van der Waals surface area contributed by atoms with Crippen LogP contribution in [0, 0.1) is 10.1 Å². The highest BCUT2D eigenvalue weighted by Crippen LogP contribution is 2.26. The molecule has 2 N–H and O–H groups in total. The van der Waals surface area contributed by atoms with Crippen molar-refractivity contribution in [1.29, 1.82) is 0 Å². The first-order valence-electron chi connectivity index (χ1n) is 9.80. The van der Waals surface area contributed by atoms with E-state index in [1.54, 1.807) is 0 Å². The molecule has 0 saturated carbocycles. The summed E-state index contributed by atoms with van der Waals surface area (Å²) in [4.78, 5) is 46.8. The van der Waals surface area contributed by atoms with E-state index >= 15 is 0 Å². The topological polar surface area (TPSA) is 137 Å². The lowest BCUT2D eigenvalue weighted by molar-refractivity contribution is -0.385. The van der Waals surface area contributed by atoms with Crippen molar-refractivity contribution < 1.29 is 28.8 Å². The van der Waals surface area contributed by atoms with Crippen LogP contribution in [-0.2, 0) is 32.1 Å². The van der Waals surface area contributed by atoms with Crippen LogP contribution < -0.4 is 15.4 Å². The molecule has 0 radical (unpaired) electrons. The van der Waals surface area contributed by atoms with Gasteiger partial charge in [0.1, 0.15) is 24.4 Å². The van der Waals surface area contributed by atoms with Crippen LogP contribution >= 0.6 is 0 Å². The Morgan fingerprint density at radius 1 is 1.09 bits per heavy atom. The number of rotatable bonds is 10. The average molecular weight is 443 g/mol. The smallest absolute Gasteiger partial charge is 0.328 e. The van der Waals surface area contributed by atoms with E-state index in [0.29, 0.717) is 5.75 Å². The number of carbonyl (C=O) groups is 3. The van der Waals surface area contributed by atoms with E-state index < -0.39 is 34.8 Å². The summed E-state index contributed by atoms with van der Waals surface area (Å²) in [6, 6.07) is 11.5. The molecular formula is C22H25N3O7. The van der Waals surface area contributed by atoms with Crippen molar-refractivity contribution in [3.05, 3.63) is 69.8 Å². The Kier molecular flexibility index (Phi) is 8.70. The SMILES string of the molecule is COC(=O)[C@H](C)NC(=O)[C@H](Cc1cc(OCc2ccccc2)ccc1[N+](=O)[O-])NC(C)=O. The van der Waals surface area contributed by atoms with E-state index in [0.717, 1.165) is 5.56 Å². The first-order valence-corrected chi connectivity index (χ1v) is 9.80. The van der Waals surface area contributed by atoms with Gasteiger partial charge < -0.3 is 20.1 Å². The lowest BCUT2D eigenvalue weighted by Gasteiger charge is -2.20. The van der Waals surface area contributed by atoms with E-state index in [4.69, 9.17) is 4.74 Å². The van der Waals surface area contributed by atoms with Gasteiger partial charge in [-0.15, -0.1) is 0 Å². The van der Waals surface area contributed by atoms with Crippen LogP contribution in [0.15, 0.2) is 48.5 Å². The Morgan fingerprint density at radius 2 is 1.78 bits per heavy atom. The molecule has 0 aliphatic rings. The summed E-state index contributed by atoms with van der Waals surface area (Å²) < 4.78 is 10.3. The molecule has 10 nitrogen and oxygen atoms in total. The van der Waals surface area contributed by atoms with Gasteiger partial charge in [0.05, 0.1) is 12.0 Å². The van der Waals surface area contributed by atoms with Gasteiger partial charge in [-0.1, -0.05) is 30.3 Å². The second kappa shape index (κ2) is 11.4. The van der Waals surface area contributed by atoms with Crippen LogP contribution in [0.2, 0.25) is 0 Å². The zero-order valence-corrected chi connectivity index (χ0v) is 18.0. The quantitative estimate of drug-likeness (QED) is 0.325. The molecule has 2 rings (SSSR count). The molecule has 0 aliphatic heterocycles. The highest BCUT2D eigenvalue weighted by Gasteiger charge is 2.27. The van der Waals surface area contributed by atoms with Crippen molar-refractivity contribution in [3.8, 4) is 5.75 Å². The van der Waals surface area contributed by atoms with E-state index in [1.165, 1.54) is 39.2 Å². The summed E-state index contributed by atoms with van der Waals surface area (Å²) >= 11 is 0. The van der Waals surface area contributed by atoms with Gasteiger partial charge in [0.2, 0.25) is 11.8 Å². The molecule has 32 heavy (non-hydrogen) atoms. The van der Waals surface area contributed by atoms with Crippen LogP contribution in [0.1, 0.15) is 25.0 Å². The van der Waals surface area contributed by atoms with Gasteiger partial charge in [0, 0.05) is 25.0 Å². The first kappa shape index (κ1) is 24.3. The fraction of sp³-hybridized carbons (Fsp3) is 0.318. The Hall–Kier alpha value is -3.95. The fourth-order valence-electron chi connectivity index (χ4n) is 2.96. The molecule has 10 heteroatoms. The number of hydrogen-bond acceptors (Lipinski definition) is 7. The molecule has 0 aliphatic carbocycles. The fourth-order valence-corrected chi connectivity index (χ4v) is 2.96. The number of amides is 2. The molecule has 0 heterocycles. The summed E-state index contributed by atoms with van der Waals surface area (Å²) in [5, 5.41) is 16.4. The summed E-state index contributed by atoms with van der Waals surface area (Å²) in [6.07, 6.45) is -0.182. The highest BCUT2D eigenvalue weighted by molar-refractivity contribution is 5.90. The van der Waals surface area contributed by atoms with Gasteiger partial charge in [0.25, 0.3) is 5.69 Å². The second-order valence-corrected chi connectivity index (χ2v) is 7.03. The Bertz CT molecular complexity index is 979. The van der Waals surface area contributed by atoms with E-state index in [1.807, 2.05) is 30.3 Å². The highest BCUT2D eigenvalue weighted by atomic mass is 16.6. The number of carbonyl (C=O) groups excluding carboxylic acids is 3. The average Bonchev–Trinajstić information content (AvgIpc) is 2.76. The summed E-state index contributed by atoms with van der Waals surface area (Å²) in [6.45, 7) is 2.90. The van der Waals surface area contributed by atoms with E-state index in [-0.39, 0.29) is 24.3 Å². The van der Waals surface area contributed by atoms with Crippen LogP contribution in [0.3, 0.4) is 0 Å². The lowest BCUT2D eigenvalue weighted by atomic mass is 10.0. The minimum atomic E-state index is -1.15. The lowest BCUT2D eigenvalue weighted by Crippen LogP contribution is -2.51. The third-order valence-electron chi connectivity index (χ3n) is 4.53. The maximum atomic E-state index is 12.7. The normalized spacial score (nSPS) is 12.2. The molecular weight excluding hydrogens is 418 g/mol. The van der Waals surface area contributed by atoms with Gasteiger partial charge in [-0.05, 0) is 24.6 Å². The largest absolute Gasteiger partial charge is 0.489 e. The molecule has 2 aromatic carbocycles. The third kappa shape index (κ3) is 7.08. The molecule has 0 bridgehead atoms. The number of ether oxygens (including phenoxy) is 2. The predicted octanol–water partition coefficient (Wildman–Crippen LogP) is 1.90. The monoisotopic (exact) mass is 443 g/mol. The minimum Gasteiger partial charge on any atom is -0.489 e. The standard InChI is InChI=1S/C22H25N3O7/c1-14(22(28)31-3)23-21(27)19(24-15(2)26)12-17-11-18(9-10-20(17)25(29)30)32-13-16-7-5-4-6-8-16/h4-11,14,19H,12-13H2,1-3H3,(H,23,27)(H,24,26)/t14-,19-/m0/s1. The number of methoxy groups -OCH3 is 1. The number of nitro groups is 1. The second-order valence-electron chi connectivity index (χ2n) is 7.03. The number of nitrogens with zero attached hydrogens (tertiary/aromatic N) is 1. The van der Waals surface area contributed by atoms with Gasteiger partial charge in [0.15, 0.2) is 0 Å². The van der Waals surface area contributed by atoms with Gasteiger partial charge in [-0.3, -0.25) is 19.7 Å². The predicted molar refractivity (Wildman–Crippen MR) is 115 cm³/mol. The Balaban J connectivity index is 2.25. The molecule has 0 unspecified atom stereocenters. The Morgan fingerprint density at radius 3 is 2.38 bits per heavy atom. The van der Waals surface area contributed by atoms with E-state index in [2.05, 4.69) is 15.4 Å². The minimum absolute atomic E-state index is 0.182. The maximum Gasteiger partial charge on any atom is 0.328 e. The number of nitro benzene ring substituents is 1. The molecule has 2 aromatic rings. The molecule has 2 atom stereocenters. The van der Waals surface area contributed by atoms with Crippen molar-refractivity contribution in [2.75, 3.05) is 7.11 Å². The van der Waals surface area contributed by atoms with Crippen LogP contribution in [0.4, 0.5) is 5.69 Å². The molecule has 170 valence electrons. The van der Waals surface area contributed by atoms with Crippen molar-refractivity contribution in [2.45, 2.75) is 39.0 Å². The number of hydrogen-bond donors (Lipinski definition) is 2. The molecule has 0 saturated heterocycles. The summed E-state index contributed by atoms with van der Waals surface area (Å²) in [5.74, 6) is -1.47. The summed E-state index contributed by atoms with van der Waals surface area (Å²) in [5.41, 5.74) is 0.890. The third-order valence-corrected chi connectivity index (χ3v) is 4.53. The van der Waals surface area contributed by atoms with Gasteiger partial charge in [-0.2, -0.15) is 0 Å². The van der Waals surface area contributed by atoms with Crippen molar-refractivity contribution >= 4 is 23.5 Å². The first-order chi connectivity index (χ1) is 15.2. The maximum absolute atomic E-state index is 12.7. The van der Waals surface area contributed by atoms with Crippen molar-refractivity contribution in [1.82, 2.24) is 10.6 Å². The van der Waals surface area contributed by atoms with Crippen molar-refractivity contribution in [2.24, 2.45) is 0 Å². The van der Waals surface area contributed by atoms with Gasteiger partial charge in [-0.25, -0.2) is 4.79 Å². The number of benzene rings is 2. The number of esters is 1. The van der Waals surface area contributed by atoms with E-state index in [9.17, 15) is 24.5 Å². The van der Waals surface area contributed by atoms with Gasteiger partial charge >= 0.3 is 5.97 Å². The summed E-state index contributed by atoms with van der Waals surface area (Å²) in [7, 11) is 1.18. The Labute approximate surface area is 185 Å². The van der Waals surface area contributed by atoms with Crippen LogP contribution in [0.25, 0.3) is 0 Å². The molecule has 0 fully saturated rings. The molecule has 0 aromatic heterocycles. The van der Waals surface area contributed by atoms with Crippen molar-refractivity contribution in [3.63, 3.8) is 0 Å². The zero-order valence-electron chi connectivity index (χ0n) is 18.0. The molecule has 0 spiro atoms. The zero-order chi connectivity index (χ0) is 23.7. The van der Waals surface area contributed by atoms with Crippen LogP contribution in [0.5, 0.6) is 5.75 Å². The van der Waals surface area contributed by atoms with Crippen LogP contribution in [-0.4, -0.2) is 41.9 Å². The number of nitrogens with one attached hydrogen (secondary N) is 2. The molecule has 2 amide bonds.